The molecule has 0 amide bonds. The van der Waals surface area contributed by atoms with Gasteiger partial charge in [-0.2, -0.15) is 0 Å². The summed E-state index contributed by atoms with van der Waals surface area (Å²) in [5, 5.41) is 0. The maximum Gasteiger partial charge on any atom is 0.0163 e. The van der Waals surface area contributed by atoms with Gasteiger partial charge in [-0.05, 0) is 104 Å². The van der Waals surface area contributed by atoms with E-state index in [4.69, 9.17) is 0 Å². The summed E-state index contributed by atoms with van der Waals surface area (Å²) in [7, 11) is 6.59. The van der Waals surface area contributed by atoms with Crippen LogP contribution in [0, 0.1) is 24.7 Å². The summed E-state index contributed by atoms with van der Waals surface area (Å²) in [6.07, 6.45) is 6.46. The third-order valence-electron chi connectivity index (χ3n) is 8.91. The summed E-state index contributed by atoms with van der Waals surface area (Å²) in [6, 6.07) is 9.44. The SMILES string of the molecule is C.CC(C)C1=CCN(C)CC1.CC(C)C1CCN(C)CC1.CC(C)N1CCN(C)CC1.Cc1ccc(C(C)C)cc1. The number of likely N-dealkylation sites (N-methyl/N-ethyl adjacent to an activating group) is 2. The van der Waals surface area contributed by atoms with Gasteiger partial charge in [0.15, 0.2) is 0 Å². The summed E-state index contributed by atoms with van der Waals surface area (Å²) in [5.41, 5.74) is 4.40. The fourth-order valence-corrected chi connectivity index (χ4v) is 5.30. The van der Waals surface area contributed by atoms with Crippen molar-refractivity contribution in [3.63, 3.8) is 0 Å². The number of benzene rings is 1. The van der Waals surface area contributed by atoms with Crippen LogP contribution < -0.4 is 0 Å². The summed E-state index contributed by atoms with van der Waals surface area (Å²) in [6.45, 7) is 30.3. The van der Waals surface area contributed by atoms with Crippen LogP contribution in [0.25, 0.3) is 0 Å². The van der Waals surface area contributed by atoms with Gasteiger partial charge in [-0.25, -0.2) is 0 Å². The third kappa shape index (κ3) is 17.5. The van der Waals surface area contributed by atoms with Crippen molar-refractivity contribution in [1.29, 1.82) is 0 Å². The van der Waals surface area contributed by atoms with E-state index in [9.17, 15) is 0 Å². The van der Waals surface area contributed by atoms with Gasteiger partial charge in [0, 0.05) is 45.3 Å². The maximum absolute atomic E-state index is 2.53. The van der Waals surface area contributed by atoms with E-state index in [1.807, 2.05) is 0 Å². The van der Waals surface area contributed by atoms with Crippen molar-refractivity contribution in [2.24, 2.45) is 17.8 Å². The van der Waals surface area contributed by atoms with E-state index in [2.05, 4.69) is 133 Å². The zero-order chi connectivity index (χ0) is 30.2. The number of hydrogen-bond acceptors (Lipinski definition) is 4. The van der Waals surface area contributed by atoms with Gasteiger partial charge in [0.05, 0.1) is 0 Å². The number of aryl methyl sites for hydroxylation is 1. The van der Waals surface area contributed by atoms with E-state index >= 15 is 0 Å². The lowest BCUT2D eigenvalue weighted by molar-refractivity contribution is 0.126. The lowest BCUT2D eigenvalue weighted by Gasteiger charge is -2.34. The number of piperidine rings is 1. The number of hydrogen-bond donors (Lipinski definition) is 0. The molecule has 3 aliphatic heterocycles. The Morgan fingerprint density at radius 1 is 0.634 bits per heavy atom. The fraction of sp³-hybridized carbons (Fsp3) is 0.784. The van der Waals surface area contributed by atoms with Gasteiger partial charge in [0.2, 0.25) is 0 Å². The van der Waals surface area contributed by atoms with E-state index in [1.165, 1.54) is 76.2 Å². The van der Waals surface area contributed by atoms with E-state index < -0.39 is 0 Å². The van der Waals surface area contributed by atoms with Crippen LogP contribution in [0.15, 0.2) is 35.9 Å². The molecule has 1 aromatic rings. The fourth-order valence-electron chi connectivity index (χ4n) is 5.30. The van der Waals surface area contributed by atoms with E-state index in [1.54, 1.807) is 5.57 Å². The van der Waals surface area contributed by atoms with Crippen LogP contribution in [0.3, 0.4) is 0 Å². The van der Waals surface area contributed by atoms with Gasteiger partial charge in [0.1, 0.15) is 0 Å². The average Bonchev–Trinajstić information content (AvgIpc) is 2.91. The lowest BCUT2D eigenvalue weighted by atomic mass is 9.87. The Kier molecular flexibility index (Phi) is 20.9. The van der Waals surface area contributed by atoms with Crippen LogP contribution >= 0.6 is 0 Å². The molecular weight excluding hydrogens is 500 g/mol. The highest BCUT2D eigenvalue weighted by Gasteiger charge is 2.18. The molecular formula is C37H72N4. The molecule has 1 aromatic carbocycles. The highest BCUT2D eigenvalue weighted by molar-refractivity contribution is 5.23. The first-order valence-electron chi connectivity index (χ1n) is 16.3. The molecule has 4 heteroatoms. The molecule has 41 heavy (non-hydrogen) atoms. The normalized spacial score (nSPS) is 19.5. The van der Waals surface area contributed by atoms with Crippen LogP contribution in [0.2, 0.25) is 0 Å². The zero-order valence-electron chi connectivity index (χ0n) is 28.8. The molecule has 0 aromatic heterocycles. The minimum absolute atomic E-state index is 0. The largest absolute Gasteiger partial charge is 0.306 e. The van der Waals surface area contributed by atoms with Crippen LogP contribution in [0.4, 0.5) is 0 Å². The zero-order valence-corrected chi connectivity index (χ0v) is 28.8. The molecule has 2 saturated heterocycles. The van der Waals surface area contributed by atoms with E-state index in [-0.39, 0.29) is 7.43 Å². The van der Waals surface area contributed by atoms with Gasteiger partial charge in [-0.15, -0.1) is 0 Å². The molecule has 2 fully saturated rings. The van der Waals surface area contributed by atoms with Crippen molar-refractivity contribution >= 4 is 0 Å². The van der Waals surface area contributed by atoms with Crippen molar-refractivity contribution < 1.29 is 0 Å². The van der Waals surface area contributed by atoms with Crippen molar-refractivity contribution in [2.45, 2.75) is 101 Å². The average molecular weight is 573 g/mol. The van der Waals surface area contributed by atoms with Gasteiger partial charge < -0.3 is 14.7 Å². The Balaban J connectivity index is 0.000000516. The van der Waals surface area contributed by atoms with Crippen molar-refractivity contribution in [1.82, 2.24) is 19.6 Å². The smallest absolute Gasteiger partial charge is 0.0163 e. The van der Waals surface area contributed by atoms with Gasteiger partial charge in [-0.3, -0.25) is 4.90 Å². The first-order chi connectivity index (χ1) is 18.8. The molecule has 0 unspecified atom stereocenters. The van der Waals surface area contributed by atoms with Gasteiger partial charge in [-0.1, -0.05) is 90.4 Å². The van der Waals surface area contributed by atoms with Gasteiger partial charge >= 0.3 is 0 Å². The van der Waals surface area contributed by atoms with Crippen molar-refractivity contribution in [3.05, 3.63) is 47.0 Å². The van der Waals surface area contributed by atoms with E-state index in [0.717, 1.165) is 30.3 Å². The Hall–Kier alpha value is -1.20. The summed E-state index contributed by atoms with van der Waals surface area (Å²) in [5.74, 6) is 3.30. The molecule has 3 heterocycles. The standard InChI is InChI=1S/C10H14.C9H19N.C9H17N.C8H18N2.CH4/c1-8(2)10-6-4-9(3)5-7-10;2*1-8(2)9-4-6-10(3)7-5-9;1-8(2)10-6-4-9(3)5-7-10;/h4-8H,1-3H3;8-9H,4-7H2,1-3H3;4,8H,5-7H2,1-3H3;8H,4-7H2,1-3H3;1H4. The topological polar surface area (TPSA) is 13.0 Å². The Bertz CT molecular complexity index is 754. The number of piperazine rings is 1. The van der Waals surface area contributed by atoms with Crippen molar-refractivity contribution in [3.8, 4) is 0 Å². The first kappa shape index (κ1) is 39.8. The molecule has 0 saturated carbocycles. The number of likely N-dealkylation sites (tertiary alicyclic amines) is 1. The lowest BCUT2D eigenvalue weighted by Crippen LogP contribution is -2.47. The molecule has 0 N–H and O–H groups in total. The first-order valence-corrected chi connectivity index (χ1v) is 16.3. The third-order valence-corrected chi connectivity index (χ3v) is 8.91. The molecule has 3 aliphatic rings. The molecule has 0 atom stereocenters. The monoisotopic (exact) mass is 573 g/mol. The number of rotatable bonds is 4. The molecule has 4 rings (SSSR count). The second kappa shape index (κ2) is 21.5. The predicted octanol–water partition coefficient (Wildman–Crippen LogP) is 8.29. The highest BCUT2D eigenvalue weighted by Crippen LogP contribution is 2.23. The minimum atomic E-state index is 0. The Morgan fingerprint density at radius 2 is 1.15 bits per heavy atom. The molecule has 240 valence electrons. The van der Waals surface area contributed by atoms with Crippen LogP contribution in [-0.4, -0.2) is 99.1 Å². The van der Waals surface area contributed by atoms with Crippen molar-refractivity contribution in [2.75, 3.05) is 73.5 Å². The molecule has 0 aliphatic carbocycles. The molecule has 0 radical (unpaired) electrons. The predicted molar refractivity (Wildman–Crippen MR) is 186 cm³/mol. The Labute approximate surface area is 258 Å². The quantitative estimate of drug-likeness (QED) is 0.337. The summed E-state index contributed by atoms with van der Waals surface area (Å²) >= 11 is 0. The number of nitrogens with zero attached hydrogens (tertiary/aromatic N) is 4. The van der Waals surface area contributed by atoms with Crippen LogP contribution in [-0.2, 0) is 0 Å². The summed E-state index contributed by atoms with van der Waals surface area (Å²) < 4.78 is 0. The Morgan fingerprint density at radius 3 is 1.54 bits per heavy atom. The van der Waals surface area contributed by atoms with E-state index in [0.29, 0.717) is 5.92 Å². The molecule has 0 spiro atoms. The van der Waals surface area contributed by atoms with Gasteiger partial charge in [0.25, 0.3) is 0 Å². The molecule has 0 bridgehead atoms. The maximum atomic E-state index is 2.53. The van der Waals surface area contributed by atoms with Crippen LogP contribution in [0.5, 0.6) is 0 Å². The second-order valence-electron chi connectivity index (χ2n) is 13.8. The van der Waals surface area contributed by atoms with Crippen LogP contribution in [0.1, 0.15) is 99.1 Å². The summed E-state index contributed by atoms with van der Waals surface area (Å²) in [4.78, 5) is 9.70. The molecule has 4 nitrogen and oxygen atoms in total. The minimum Gasteiger partial charge on any atom is -0.306 e. The highest BCUT2D eigenvalue weighted by atomic mass is 15.3. The second-order valence-corrected chi connectivity index (χ2v) is 13.8.